The molecule has 11 nitrogen and oxygen atoms in total. The van der Waals surface area contributed by atoms with Gasteiger partial charge in [0.15, 0.2) is 11.3 Å². The number of amides is 3. The third-order valence-electron chi connectivity index (χ3n) is 8.42. The van der Waals surface area contributed by atoms with E-state index >= 15 is 0 Å². The van der Waals surface area contributed by atoms with Crippen LogP contribution in [0.1, 0.15) is 84.5 Å². The van der Waals surface area contributed by atoms with Gasteiger partial charge >= 0.3 is 12.2 Å². The highest BCUT2D eigenvalue weighted by atomic mass is 19.4. The van der Waals surface area contributed by atoms with Gasteiger partial charge in [-0.3, -0.25) is 4.79 Å². The molecule has 16 heteroatoms. The summed E-state index contributed by atoms with van der Waals surface area (Å²) in [5, 5.41) is 16.7. The molecule has 1 saturated heterocycles. The van der Waals surface area contributed by atoms with Crippen molar-refractivity contribution in [3.63, 3.8) is 0 Å². The maximum Gasteiger partial charge on any atom is 0.408 e. The molecule has 2 aliphatic carbocycles. The van der Waals surface area contributed by atoms with Gasteiger partial charge in [0.2, 0.25) is 5.92 Å². The van der Waals surface area contributed by atoms with Crippen LogP contribution in [0.25, 0.3) is 5.65 Å². The first-order chi connectivity index (χ1) is 19.9. The first kappa shape index (κ1) is 28.3. The van der Waals surface area contributed by atoms with Gasteiger partial charge in [0.25, 0.3) is 5.91 Å². The molecular weight excluding hydrogens is 567 g/mol. The standard InChI is InChI=1S/C26H29F5N8O3/c1-13-20(37-42-36-13)23(40)35-21(14-4-7-25(27,28)8-5-14)17-12-39-19(33-17)10-16(11-32-39)22(15-2-3-15)38-9-6-18(26(29,30)31)34-24(38)41/h10-12,14-15,18,21-22H,2-9H2,1H3,(H,34,41)(H,35,40)/t18?,21-,22+/m0/s1. The van der Waals surface area contributed by atoms with Crippen molar-refractivity contribution in [1.29, 1.82) is 0 Å². The normalized spacial score (nSPS) is 23.0. The van der Waals surface area contributed by atoms with Crippen molar-refractivity contribution in [2.24, 2.45) is 11.8 Å². The maximum atomic E-state index is 14.0. The lowest BCUT2D eigenvalue weighted by molar-refractivity contribution is -0.159. The molecule has 0 radical (unpaired) electrons. The van der Waals surface area contributed by atoms with Gasteiger partial charge in [-0.25, -0.2) is 27.7 Å². The van der Waals surface area contributed by atoms with E-state index in [4.69, 9.17) is 0 Å². The van der Waals surface area contributed by atoms with Gasteiger partial charge in [0.05, 0.1) is 30.2 Å². The summed E-state index contributed by atoms with van der Waals surface area (Å²) in [6.45, 7) is 1.50. The fraction of sp³-hybridized carbons (Fsp3) is 0.615. The number of nitrogens with one attached hydrogen (secondary N) is 2. The summed E-state index contributed by atoms with van der Waals surface area (Å²) in [5.41, 5.74) is 1.68. The Kier molecular flexibility index (Phi) is 7.04. The van der Waals surface area contributed by atoms with Crippen LogP contribution in [0.3, 0.4) is 0 Å². The summed E-state index contributed by atoms with van der Waals surface area (Å²) < 4.78 is 73.7. The van der Waals surface area contributed by atoms with E-state index in [0.29, 0.717) is 16.9 Å². The predicted octanol–water partition coefficient (Wildman–Crippen LogP) is 4.51. The fourth-order valence-electron chi connectivity index (χ4n) is 6.00. The Morgan fingerprint density at radius 2 is 1.88 bits per heavy atom. The van der Waals surface area contributed by atoms with Crippen LogP contribution in [0.15, 0.2) is 23.1 Å². The molecule has 2 N–H and O–H groups in total. The average Bonchev–Trinajstić information content (AvgIpc) is 3.51. The van der Waals surface area contributed by atoms with Crippen LogP contribution in [-0.4, -0.2) is 66.4 Å². The first-order valence-electron chi connectivity index (χ1n) is 13.9. The Morgan fingerprint density at radius 3 is 2.50 bits per heavy atom. The van der Waals surface area contributed by atoms with E-state index in [9.17, 15) is 31.5 Å². The lowest BCUT2D eigenvalue weighted by atomic mass is 9.81. The summed E-state index contributed by atoms with van der Waals surface area (Å²) in [7, 11) is 0. The number of halogens is 5. The molecular formula is C26H29F5N8O3. The SMILES string of the molecule is Cc1nonc1C(=O)N[C@H](c1cn2ncc([C@@H](C3CC3)N3CCC(C(F)(F)F)NC3=O)cc2n1)C1CCC(F)(F)CC1. The molecule has 42 heavy (non-hydrogen) atoms. The van der Waals surface area contributed by atoms with Crippen LogP contribution in [-0.2, 0) is 0 Å². The van der Waals surface area contributed by atoms with E-state index in [-0.39, 0.29) is 61.9 Å². The summed E-state index contributed by atoms with van der Waals surface area (Å²) >= 11 is 0. The van der Waals surface area contributed by atoms with Gasteiger partial charge in [-0.1, -0.05) is 5.16 Å². The Bertz CT molecular complexity index is 1480. The summed E-state index contributed by atoms with van der Waals surface area (Å²) in [6.07, 6.45) is -0.294. The van der Waals surface area contributed by atoms with Crippen LogP contribution >= 0.6 is 0 Å². The number of urea groups is 1. The molecule has 1 unspecified atom stereocenters. The van der Waals surface area contributed by atoms with Crippen molar-refractivity contribution in [3.8, 4) is 0 Å². The van der Waals surface area contributed by atoms with E-state index in [2.05, 4.69) is 35.7 Å². The van der Waals surface area contributed by atoms with Crippen molar-refractivity contribution in [3.05, 3.63) is 41.1 Å². The number of alkyl halides is 5. The number of carbonyl (C=O) groups excluding carboxylic acids is 2. The van der Waals surface area contributed by atoms with Crippen molar-refractivity contribution in [2.75, 3.05) is 6.54 Å². The Labute approximate surface area is 236 Å². The van der Waals surface area contributed by atoms with Gasteiger partial charge in [0.1, 0.15) is 11.7 Å². The number of rotatable bonds is 7. The lowest BCUT2D eigenvalue weighted by Crippen LogP contribution is -2.57. The molecule has 3 aliphatic rings. The van der Waals surface area contributed by atoms with Crippen molar-refractivity contribution in [1.82, 2.24) is 40.4 Å². The quantitative estimate of drug-likeness (QED) is 0.384. The van der Waals surface area contributed by atoms with Crippen LogP contribution < -0.4 is 10.6 Å². The monoisotopic (exact) mass is 596 g/mol. The topological polar surface area (TPSA) is 131 Å². The molecule has 3 aromatic heterocycles. The Hall–Kier alpha value is -3.85. The molecule has 0 bridgehead atoms. The van der Waals surface area contributed by atoms with Gasteiger partial charge in [-0.05, 0) is 67.7 Å². The van der Waals surface area contributed by atoms with E-state index < -0.39 is 42.2 Å². The zero-order valence-corrected chi connectivity index (χ0v) is 22.6. The van der Waals surface area contributed by atoms with Gasteiger partial charge in [0, 0.05) is 19.4 Å². The Morgan fingerprint density at radius 1 is 1.14 bits per heavy atom. The number of aromatic nitrogens is 5. The molecule has 3 aromatic rings. The predicted molar refractivity (Wildman–Crippen MR) is 134 cm³/mol. The summed E-state index contributed by atoms with van der Waals surface area (Å²) in [4.78, 5) is 31.9. The number of aryl methyl sites for hydroxylation is 1. The van der Waals surface area contributed by atoms with Crippen LogP contribution in [0.2, 0.25) is 0 Å². The second kappa shape index (κ2) is 10.5. The minimum Gasteiger partial charge on any atom is -0.342 e. The largest absolute Gasteiger partial charge is 0.408 e. The van der Waals surface area contributed by atoms with Crippen molar-refractivity contribution in [2.45, 2.75) is 82.1 Å². The maximum absolute atomic E-state index is 14.0. The molecule has 1 aliphatic heterocycles. The van der Waals surface area contributed by atoms with Gasteiger partial charge in [-0.15, -0.1) is 0 Å². The molecule has 3 amide bonds. The van der Waals surface area contributed by atoms with Crippen molar-refractivity contribution >= 4 is 17.6 Å². The van der Waals surface area contributed by atoms with Crippen molar-refractivity contribution < 1.29 is 36.2 Å². The summed E-state index contributed by atoms with van der Waals surface area (Å²) in [5.74, 6) is -3.61. The molecule has 3 atom stereocenters. The number of hydrogen-bond donors (Lipinski definition) is 2. The van der Waals surface area contributed by atoms with Gasteiger partial charge in [-0.2, -0.15) is 18.3 Å². The van der Waals surface area contributed by atoms with E-state index in [1.165, 1.54) is 9.42 Å². The highest BCUT2D eigenvalue weighted by Crippen LogP contribution is 2.46. The number of fused-ring (bicyclic) bond motifs is 1. The highest BCUT2D eigenvalue weighted by Gasteiger charge is 2.47. The molecule has 0 spiro atoms. The third-order valence-corrected chi connectivity index (χ3v) is 8.42. The van der Waals surface area contributed by atoms with E-state index in [1.807, 2.05) is 0 Å². The van der Waals surface area contributed by atoms with E-state index in [0.717, 1.165) is 12.8 Å². The minimum absolute atomic E-state index is 0.0230. The summed E-state index contributed by atoms with van der Waals surface area (Å²) in [6, 6.07) is -2.15. The first-order valence-corrected chi connectivity index (χ1v) is 13.9. The Balaban J connectivity index is 1.28. The molecule has 0 aromatic carbocycles. The number of nitrogens with zero attached hydrogens (tertiary/aromatic N) is 6. The number of hydrogen-bond acceptors (Lipinski definition) is 7. The second-order valence-electron chi connectivity index (χ2n) is 11.4. The second-order valence-corrected chi connectivity index (χ2v) is 11.4. The number of imidazole rings is 1. The fourth-order valence-corrected chi connectivity index (χ4v) is 6.00. The highest BCUT2D eigenvalue weighted by molar-refractivity contribution is 5.93. The average molecular weight is 597 g/mol. The van der Waals surface area contributed by atoms with E-state index in [1.54, 1.807) is 25.4 Å². The smallest absolute Gasteiger partial charge is 0.342 e. The zero-order valence-electron chi connectivity index (χ0n) is 22.6. The zero-order chi connectivity index (χ0) is 29.8. The minimum atomic E-state index is -4.52. The third kappa shape index (κ3) is 5.62. The van der Waals surface area contributed by atoms with Crippen LogP contribution in [0.4, 0.5) is 26.7 Å². The molecule has 2 saturated carbocycles. The van der Waals surface area contributed by atoms with Gasteiger partial charge < -0.3 is 15.5 Å². The molecule has 226 valence electrons. The van der Waals surface area contributed by atoms with Crippen LogP contribution in [0.5, 0.6) is 0 Å². The number of carbonyl (C=O) groups is 2. The molecule has 3 fully saturated rings. The molecule has 6 rings (SSSR count). The molecule has 4 heterocycles. The lowest BCUT2D eigenvalue weighted by Gasteiger charge is -2.38. The van der Waals surface area contributed by atoms with Crippen LogP contribution in [0, 0.1) is 18.8 Å².